The lowest BCUT2D eigenvalue weighted by Gasteiger charge is -2.10. The summed E-state index contributed by atoms with van der Waals surface area (Å²) in [6, 6.07) is 12.5. The van der Waals surface area contributed by atoms with Gasteiger partial charge in [-0.1, -0.05) is 23.4 Å². The normalized spacial score (nSPS) is 10.4. The van der Waals surface area contributed by atoms with E-state index in [2.05, 4.69) is 15.6 Å². The van der Waals surface area contributed by atoms with E-state index in [4.69, 9.17) is 16.3 Å². The van der Waals surface area contributed by atoms with Gasteiger partial charge in [0.1, 0.15) is 5.75 Å². The van der Waals surface area contributed by atoms with Crippen LogP contribution in [0.25, 0.3) is 5.69 Å². The Morgan fingerprint density at radius 2 is 1.93 bits per heavy atom. The quantitative estimate of drug-likeness (QED) is 0.548. The molecule has 1 aromatic heterocycles. The van der Waals surface area contributed by atoms with Gasteiger partial charge in [0.15, 0.2) is 5.16 Å². The molecule has 3 rings (SSSR count). The van der Waals surface area contributed by atoms with Gasteiger partial charge in [-0.25, -0.2) is 4.98 Å². The number of imidazole rings is 1. The van der Waals surface area contributed by atoms with Gasteiger partial charge in [-0.2, -0.15) is 0 Å². The maximum atomic E-state index is 12.3. The SMILES string of the molecule is COc1ccc(-n2ccnc2SCC(=O)Nc2ccc(NC(C)=O)c(Cl)c2)cc1. The highest BCUT2D eigenvalue weighted by molar-refractivity contribution is 7.99. The van der Waals surface area contributed by atoms with Gasteiger partial charge >= 0.3 is 0 Å². The molecule has 0 spiro atoms. The molecule has 0 saturated carbocycles. The minimum atomic E-state index is -0.215. The van der Waals surface area contributed by atoms with Gasteiger partial charge in [0, 0.05) is 30.7 Å². The van der Waals surface area contributed by atoms with E-state index in [1.807, 2.05) is 35.0 Å². The minimum Gasteiger partial charge on any atom is -0.497 e. The number of nitrogens with one attached hydrogen (secondary N) is 2. The van der Waals surface area contributed by atoms with Crippen molar-refractivity contribution in [1.29, 1.82) is 0 Å². The summed E-state index contributed by atoms with van der Waals surface area (Å²) in [5, 5.41) is 6.46. The zero-order valence-electron chi connectivity index (χ0n) is 15.8. The summed E-state index contributed by atoms with van der Waals surface area (Å²) in [4.78, 5) is 27.8. The van der Waals surface area contributed by atoms with Gasteiger partial charge in [-0.3, -0.25) is 14.2 Å². The Balaban J connectivity index is 1.61. The summed E-state index contributed by atoms with van der Waals surface area (Å²) in [6.45, 7) is 1.40. The molecule has 2 N–H and O–H groups in total. The lowest BCUT2D eigenvalue weighted by molar-refractivity contribution is -0.114. The van der Waals surface area contributed by atoms with E-state index >= 15 is 0 Å². The molecule has 0 bridgehead atoms. The number of thioether (sulfide) groups is 1. The van der Waals surface area contributed by atoms with Crippen molar-refractivity contribution in [3.8, 4) is 11.4 Å². The van der Waals surface area contributed by atoms with Crippen molar-refractivity contribution >= 4 is 46.6 Å². The number of aromatic nitrogens is 2. The van der Waals surface area contributed by atoms with Crippen LogP contribution >= 0.6 is 23.4 Å². The molecule has 0 radical (unpaired) electrons. The second-order valence-corrected chi connectivity index (χ2v) is 7.34. The summed E-state index contributed by atoms with van der Waals surface area (Å²) < 4.78 is 7.07. The van der Waals surface area contributed by atoms with Crippen LogP contribution in [0.15, 0.2) is 60.0 Å². The number of carbonyl (C=O) groups is 2. The number of carbonyl (C=O) groups excluding carboxylic acids is 2. The second kappa shape index (κ2) is 9.49. The zero-order chi connectivity index (χ0) is 20.8. The molecule has 0 atom stereocenters. The predicted molar refractivity (Wildman–Crippen MR) is 115 cm³/mol. The molecule has 1 heterocycles. The van der Waals surface area contributed by atoms with Crippen molar-refractivity contribution in [2.24, 2.45) is 0 Å². The number of hydrogen-bond acceptors (Lipinski definition) is 5. The van der Waals surface area contributed by atoms with Crippen LogP contribution < -0.4 is 15.4 Å². The van der Waals surface area contributed by atoms with Crippen molar-refractivity contribution in [2.45, 2.75) is 12.1 Å². The molecular formula is C20H19ClN4O3S. The second-order valence-electron chi connectivity index (χ2n) is 5.99. The third kappa shape index (κ3) is 5.52. The zero-order valence-corrected chi connectivity index (χ0v) is 17.4. The summed E-state index contributed by atoms with van der Waals surface area (Å²) in [5.41, 5.74) is 1.97. The first-order valence-corrected chi connectivity index (χ1v) is 10.00. The van der Waals surface area contributed by atoms with E-state index in [-0.39, 0.29) is 17.6 Å². The number of benzene rings is 2. The van der Waals surface area contributed by atoms with E-state index in [0.717, 1.165) is 11.4 Å². The number of halogens is 1. The molecule has 2 amide bonds. The van der Waals surface area contributed by atoms with Gasteiger partial charge in [0.25, 0.3) is 0 Å². The Kier molecular flexibility index (Phi) is 6.79. The van der Waals surface area contributed by atoms with Crippen molar-refractivity contribution in [2.75, 3.05) is 23.5 Å². The monoisotopic (exact) mass is 430 g/mol. The smallest absolute Gasteiger partial charge is 0.234 e. The van der Waals surface area contributed by atoms with Crippen LogP contribution in [-0.4, -0.2) is 34.2 Å². The average Bonchev–Trinajstić information content (AvgIpc) is 3.17. The van der Waals surface area contributed by atoms with Gasteiger partial charge in [-0.05, 0) is 42.5 Å². The molecule has 150 valence electrons. The Bertz CT molecular complexity index is 1020. The average molecular weight is 431 g/mol. The molecule has 0 saturated heterocycles. The first-order valence-electron chi connectivity index (χ1n) is 8.64. The van der Waals surface area contributed by atoms with E-state index in [9.17, 15) is 9.59 Å². The standard InChI is InChI=1S/C20H19ClN4O3S/c1-13(26)23-18-8-3-14(11-17(18)21)24-19(27)12-29-20-22-9-10-25(20)15-4-6-16(28-2)7-5-15/h3-11H,12H2,1-2H3,(H,23,26)(H,24,27). The van der Waals surface area contributed by atoms with Gasteiger partial charge < -0.3 is 15.4 Å². The highest BCUT2D eigenvalue weighted by Gasteiger charge is 2.11. The van der Waals surface area contributed by atoms with E-state index in [1.165, 1.54) is 18.7 Å². The molecule has 2 aromatic carbocycles. The fraction of sp³-hybridized carbons (Fsp3) is 0.150. The summed E-state index contributed by atoms with van der Waals surface area (Å²) in [5.74, 6) is 0.541. The first kappa shape index (κ1) is 20.8. The third-order valence-electron chi connectivity index (χ3n) is 3.85. The first-order chi connectivity index (χ1) is 14.0. The molecule has 0 unspecified atom stereocenters. The minimum absolute atomic E-state index is 0.179. The van der Waals surface area contributed by atoms with Crippen molar-refractivity contribution < 1.29 is 14.3 Å². The molecule has 29 heavy (non-hydrogen) atoms. The molecular weight excluding hydrogens is 412 g/mol. The topological polar surface area (TPSA) is 85.2 Å². The number of anilines is 2. The van der Waals surface area contributed by atoms with Crippen molar-refractivity contribution in [3.63, 3.8) is 0 Å². The molecule has 3 aromatic rings. The molecule has 0 aliphatic rings. The van der Waals surface area contributed by atoms with Crippen molar-refractivity contribution in [1.82, 2.24) is 9.55 Å². The molecule has 0 aliphatic carbocycles. The number of methoxy groups -OCH3 is 1. The van der Waals surface area contributed by atoms with Crippen LogP contribution in [0, 0.1) is 0 Å². The van der Waals surface area contributed by atoms with Crippen LogP contribution in [0.3, 0.4) is 0 Å². The number of nitrogens with zero attached hydrogens (tertiary/aromatic N) is 2. The third-order valence-corrected chi connectivity index (χ3v) is 5.13. The fourth-order valence-electron chi connectivity index (χ4n) is 2.55. The number of amides is 2. The molecule has 0 aliphatic heterocycles. The molecule has 7 nitrogen and oxygen atoms in total. The Labute approximate surface area is 177 Å². The van der Waals surface area contributed by atoms with E-state index in [0.29, 0.717) is 21.6 Å². The molecule has 0 fully saturated rings. The Morgan fingerprint density at radius 1 is 1.17 bits per heavy atom. The number of ether oxygens (including phenoxy) is 1. The Morgan fingerprint density at radius 3 is 2.59 bits per heavy atom. The highest BCUT2D eigenvalue weighted by atomic mass is 35.5. The van der Waals surface area contributed by atoms with Crippen LogP contribution in [0.1, 0.15) is 6.92 Å². The number of rotatable bonds is 7. The maximum Gasteiger partial charge on any atom is 0.234 e. The van der Waals surface area contributed by atoms with Crippen LogP contribution in [-0.2, 0) is 9.59 Å². The maximum absolute atomic E-state index is 12.3. The Hall–Kier alpha value is -2.97. The van der Waals surface area contributed by atoms with Crippen LogP contribution in [0.4, 0.5) is 11.4 Å². The fourth-order valence-corrected chi connectivity index (χ4v) is 3.55. The summed E-state index contributed by atoms with van der Waals surface area (Å²) in [6.07, 6.45) is 3.52. The largest absolute Gasteiger partial charge is 0.497 e. The van der Waals surface area contributed by atoms with Gasteiger partial charge in [0.05, 0.1) is 23.6 Å². The predicted octanol–water partition coefficient (Wildman–Crippen LogP) is 4.22. The van der Waals surface area contributed by atoms with Crippen LogP contribution in [0.2, 0.25) is 5.02 Å². The lowest BCUT2D eigenvalue weighted by Crippen LogP contribution is -2.14. The molecule has 9 heteroatoms. The lowest BCUT2D eigenvalue weighted by atomic mass is 10.2. The van der Waals surface area contributed by atoms with Gasteiger partial charge in [0.2, 0.25) is 11.8 Å². The van der Waals surface area contributed by atoms with E-state index < -0.39 is 0 Å². The van der Waals surface area contributed by atoms with Crippen LogP contribution in [0.5, 0.6) is 5.75 Å². The highest BCUT2D eigenvalue weighted by Crippen LogP contribution is 2.26. The van der Waals surface area contributed by atoms with Gasteiger partial charge in [-0.15, -0.1) is 0 Å². The van der Waals surface area contributed by atoms with E-state index in [1.54, 1.807) is 31.5 Å². The number of hydrogen-bond donors (Lipinski definition) is 2. The summed E-state index contributed by atoms with van der Waals surface area (Å²) in [7, 11) is 1.62. The summed E-state index contributed by atoms with van der Waals surface area (Å²) >= 11 is 7.45. The van der Waals surface area contributed by atoms with Crippen molar-refractivity contribution in [3.05, 3.63) is 59.9 Å².